The number of anilines is 1. The Kier molecular flexibility index (Phi) is 2.91. The van der Waals surface area contributed by atoms with Gasteiger partial charge in [-0.25, -0.2) is 9.97 Å². The van der Waals surface area contributed by atoms with E-state index in [1.54, 1.807) is 0 Å². The highest BCUT2D eigenvalue weighted by molar-refractivity contribution is 6.09. The monoisotopic (exact) mass is 300 g/mol. The molecular weight excluding hydrogens is 284 g/mol. The lowest BCUT2D eigenvalue weighted by Gasteiger charge is -2.13. The van der Waals surface area contributed by atoms with Crippen LogP contribution in [0.1, 0.15) is 12.7 Å². The summed E-state index contributed by atoms with van der Waals surface area (Å²) in [5.74, 6) is 1.66. The Labute approximate surface area is 126 Å². The van der Waals surface area contributed by atoms with Gasteiger partial charge in [-0.3, -0.25) is 0 Å². The lowest BCUT2D eigenvalue weighted by atomic mass is 10.1. The number of aliphatic hydroxyl groups excluding tert-OH is 1. The van der Waals surface area contributed by atoms with Gasteiger partial charge in [0.2, 0.25) is 6.29 Å². The zero-order chi connectivity index (χ0) is 15.3. The van der Waals surface area contributed by atoms with Crippen LogP contribution in [0, 0.1) is 0 Å². The largest absolute Gasteiger partial charge is 0.462 e. The van der Waals surface area contributed by atoms with Gasteiger partial charge >= 0.3 is 0 Å². The zero-order valence-corrected chi connectivity index (χ0v) is 12.1. The summed E-state index contributed by atoms with van der Waals surface area (Å²) in [5.41, 5.74) is 8.24. The summed E-state index contributed by atoms with van der Waals surface area (Å²) in [7, 11) is 0. The summed E-state index contributed by atoms with van der Waals surface area (Å²) in [6.07, 6.45) is -0.961. The molecule has 0 aliphatic carbocycles. The maximum absolute atomic E-state index is 10.1. The predicted molar refractivity (Wildman–Crippen MR) is 81.4 cm³/mol. The van der Waals surface area contributed by atoms with E-state index in [1.807, 2.05) is 29.7 Å². The lowest BCUT2D eigenvalue weighted by Crippen LogP contribution is -2.22. The number of aliphatic hydroxyl groups is 1. The average molecular weight is 300 g/mol. The van der Waals surface area contributed by atoms with E-state index in [2.05, 4.69) is 9.97 Å². The number of aromatic nitrogens is 3. The average Bonchev–Trinajstić information content (AvgIpc) is 2.76. The fourth-order valence-corrected chi connectivity index (χ4v) is 2.90. The summed E-state index contributed by atoms with van der Waals surface area (Å²) < 4.78 is 13.0. The fraction of sp³-hybridized carbons (Fsp3) is 0.333. The van der Waals surface area contributed by atoms with Gasteiger partial charge in [0.1, 0.15) is 23.7 Å². The minimum Gasteiger partial charge on any atom is -0.462 e. The first-order valence-electron chi connectivity index (χ1n) is 7.18. The number of hydrogen-bond acceptors (Lipinski definition) is 6. The summed E-state index contributed by atoms with van der Waals surface area (Å²) in [4.78, 5) is 8.96. The van der Waals surface area contributed by atoms with Gasteiger partial charge in [0.15, 0.2) is 5.82 Å². The van der Waals surface area contributed by atoms with Gasteiger partial charge in [-0.05, 0) is 19.1 Å². The van der Waals surface area contributed by atoms with Crippen molar-refractivity contribution in [3.05, 3.63) is 24.0 Å². The third-order valence-electron chi connectivity index (χ3n) is 3.81. The molecule has 0 bridgehead atoms. The maximum Gasteiger partial charge on any atom is 0.215 e. The molecule has 0 radical (unpaired) electrons. The first-order chi connectivity index (χ1) is 10.7. The number of nitrogens with zero attached hydrogens (tertiary/aromatic N) is 3. The Morgan fingerprint density at radius 3 is 3.14 bits per heavy atom. The number of hydrogen-bond donors (Lipinski definition) is 2. The Morgan fingerprint density at radius 1 is 1.45 bits per heavy atom. The van der Waals surface area contributed by atoms with Gasteiger partial charge in [0, 0.05) is 6.61 Å². The van der Waals surface area contributed by atoms with Crippen LogP contribution in [0.2, 0.25) is 0 Å². The van der Waals surface area contributed by atoms with Crippen molar-refractivity contribution in [2.75, 3.05) is 12.3 Å². The Hall–Kier alpha value is -2.38. The molecule has 22 heavy (non-hydrogen) atoms. The molecule has 7 heteroatoms. The van der Waals surface area contributed by atoms with E-state index in [9.17, 15) is 5.11 Å². The molecule has 3 N–H and O–H groups in total. The molecule has 114 valence electrons. The molecule has 0 spiro atoms. The van der Waals surface area contributed by atoms with E-state index in [-0.39, 0.29) is 6.54 Å². The van der Waals surface area contributed by atoms with Crippen molar-refractivity contribution in [2.45, 2.75) is 26.4 Å². The molecule has 4 rings (SSSR count). The third-order valence-corrected chi connectivity index (χ3v) is 3.81. The van der Waals surface area contributed by atoms with Gasteiger partial charge in [0.25, 0.3) is 0 Å². The lowest BCUT2D eigenvalue weighted by molar-refractivity contribution is -0.0275. The number of nitrogen functional groups attached to an aromatic ring is 1. The summed E-state index contributed by atoms with van der Waals surface area (Å²) in [5, 5.41) is 11.0. The molecule has 3 heterocycles. The molecule has 0 unspecified atom stereocenters. The number of ether oxygens (including phenoxy) is 2. The van der Waals surface area contributed by atoms with E-state index in [0.717, 1.165) is 16.4 Å². The molecule has 0 amide bonds. The van der Waals surface area contributed by atoms with Crippen LogP contribution >= 0.6 is 0 Å². The van der Waals surface area contributed by atoms with Crippen LogP contribution in [-0.2, 0) is 17.9 Å². The molecule has 0 saturated heterocycles. The molecule has 7 nitrogen and oxygen atoms in total. The van der Waals surface area contributed by atoms with Crippen molar-refractivity contribution in [2.24, 2.45) is 0 Å². The summed E-state index contributed by atoms with van der Waals surface area (Å²) in [6, 6.07) is 5.51. The first-order valence-corrected chi connectivity index (χ1v) is 7.18. The second kappa shape index (κ2) is 4.82. The van der Waals surface area contributed by atoms with Crippen molar-refractivity contribution in [3.8, 4) is 5.75 Å². The van der Waals surface area contributed by atoms with Crippen LogP contribution in [0.4, 0.5) is 5.82 Å². The van der Waals surface area contributed by atoms with Crippen LogP contribution in [-0.4, -0.2) is 32.5 Å². The molecule has 1 atom stereocenters. The van der Waals surface area contributed by atoms with E-state index in [1.165, 1.54) is 0 Å². The summed E-state index contributed by atoms with van der Waals surface area (Å²) >= 11 is 0. The number of pyridine rings is 1. The quantitative estimate of drug-likeness (QED) is 0.759. The molecule has 1 aliphatic rings. The highest BCUT2D eigenvalue weighted by Gasteiger charge is 2.25. The van der Waals surface area contributed by atoms with Crippen molar-refractivity contribution < 1.29 is 14.6 Å². The molecule has 0 fully saturated rings. The number of rotatable bonds is 3. The smallest absolute Gasteiger partial charge is 0.215 e. The van der Waals surface area contributed by atoms with Gasteiger partial charge in [-0.2, -0.15) is 0 Å². The number of benzene rings is 1. The van der Waals surface area contributed by atoms with Gasteiger partial charge in [-0.1, -0.05) is 6.07 Å². The van der Waals surface area contributed by atoms with Crippen LogP contribution in [0.5, 0.6) is 5.75 Å². The zero-order valence-electron chi connectivity index (χ0n) is 12.1. The van der Waals surface area contributed by atoms with Crippen LogP contribution in [0.15, 0.2) is 18.2 Å². The normalized spacial score (nSPS) is 17.1. The minimum atomic E-state index is -0.961. The van der Waals surface area contributed by atoms with Gasteiger partial charge in [-0.15, -0.1) is 0 Å². The second-order valence-electron chi connectivity index (χ2n) is 5.19. The van der Waals surface area contributed by atoms with Crippen LogP contribution < -0.4 is 10.5 Å². The highest BCUT2D eigenvalue weighted by Crippen LogP contribution is 2.37. The van der Waals surface area contributed by atoms with Gasteiger partial charge in [0.05, 0.1) is 23.0 Å². The highest BCUT2D eigenvalue weighted by atomic mass is 16.6. The number of nitrogens with two attached hydrogens (primary N) is 1. The fourth-order valence-electron chi connectivity index (χ4n) is 2.90. The molecule has 1 aromatic carbocycles. The van der Waals surface area contributed by atoms with Crippen molar-refractivity contribution >= 4 is 27.8 Å². The predicted octanol–water partition coefficient (Wildman–Crippen LogP) is 1.41. The summed E-state index contributed by atoms with van der Waals surface area (Å²) in [6.45, 7) is 3.13. The van der Waals surface area contributed by atoms with Crippen LogP contribution in [0.25, 0.3) is 21.9 Å². The Morgan fingerprint density at radius 2 is 2.32 bits per heavy atom. The van der Waals surface area contributed by atoms with E-state index in [0.29, 0.717) is 36.1 Å². The van der Waals surface area contributed by atoms with Crippen molar-refractivity contribution in [1.82, 2.24) is 14.5 Å². The number of imidazole rings is 1. The maximum atomic E-state index is 10.1. The molecular formula is C15H16N4O3. The third kappa shape index (κ3) is 1.83. The standard InChI is InChI=1S/C15H16N4O3/c1-2-21-7-10-18-13-14-12-8(17-15(13)16)4-3-5-9(12)22-11(20)6-19(10)14/h3-5,11,20H,2,6-7H2,1H3,(H2,16,17)/t11-/m0/s1. The topological polar surface area (TPSA) is 95.4 Å². The molecule has 2 aromatic heterocycles. The van der Waals surface area contributed by atoms with E-state index < -0.39 is 6.29 Å². The minimum absolute atomic E-state index is 0.270. The second-order valence-corrected chi connectivity index (χ2v) is 5.19. The molecule has 3 aromatic rings. The van der Waals surface area contributed by atoms with Gasteiger partial charge < -0.3 is 24.9 Å². The Balaban J connectivity index is 2.11. The molecule has 1 aliphatic heterocycles. The first kappa shape index (κ1) is 13.3. The molecule has 0 saturated carbocycles. The van der Waals surface area contributed by atoms with Crippen molar-refractivity contribution in [3.63, 3.8) is 0 Å². The van der Waals surface area contributed by atoms with Crippen molar-refractivity contribution in [1.29, 1.82) is 0 Å². The van der Waals surface area contributed by atoms with E-state index in [4.69, 9.17) is 15.2 Å². The van der Waals surface area contributed by atoms with E-state index >= 15 is 0 Å². The van der Waals surface area contributed by atoms with Crippen LogP contribution in [0.3, 0.4) is 0 Å². The SMILES string of the molecule is CCOCc1nc2c(N)nc3cccc4c3c2n1C[C@@H](O)O4. The Bertz CT molecular complexity index is 874.